The van der Waals surface area contributed by atoms with Crippen molar-refractivity contribution in [3.8, 4) is 0 Å². The molecular formula is C37H15Br25O6P2. The fourth-order valence-electron chi connectivity index (χ4n) is 5.24. The predicted octanol–water partition coefficient (Wildman–Crippen LogP) is 29.5. The number of rotatable bonds is 15. The average Bonchev–Trinajstić information content (AvgIpc) is 3.33. The molecule has 70 heavy (non-hydrogen) atoms. The molecule has 0 saturated carbocycles. The summed E-state index contributed by atoms with van der Waals surface area (Å²) in [4.78, 5) is 0. The first-order valence-electron chi connectivity index (χ1n) is 17.6. The van der Waals surface area contributed by atoms with Gasteiger partial charge < -0.3 is 18.1 Å². The molecule has 0 heterocycles. The minimum absolute atomic E-state index is 0.0207. The van der Waals surface area contributed by atoms with Gasteiger partial charge in [-0.15, -0.1) is 0 Å². The third kappa shape index (κ3) is 16.9. The van der Waals surface area contributed by atoms with Gasteiger partial charge in [-0.05, 0) is 416 Å². The van der Waals surface area contributed by atoms with Crippen molar-refractivity contribution >= 4 is 413 Å². The fourth-order valence-corrected chi connectivity index (χ4v) is 26.3. The summed E-state index contributed by atoms with van der Waals surface area (Å²) in [5, 5.41) is 0. The van der Waals surface area contributed by atoms with Crippen molar-refractivity contribution in [2.45, 2.75) is 39.1 Å². The van der Waals surface area contributed by atoms with Crippen molar-refractivity contribution in [2.75, 3.05) is 6.61 Å². The highest BCUT2D eigenvalue weighted by Crippen LogP contribution is 2.60. The van der Waals surface area contributed by atoms with Crippen LogP contribution in [0.25, 0.3) is 0 Å². The van der Waals surface area contributed by atoms with Crippen molar-refractivity contribution in [1.29, 1.82) is 0 Å². The lowest BCUT2D eigenvalue weighted by atomic mass is 10.2. The second-order valence-electron chi connectivity index (χ2n) is 13.0. The maximum absolute atomic E-state index is 14.6. The number of halogens is 25. The summed E-state index contributed by atoms with van der Waals surface area (Å²) in [6.45, 7) is 2.06. The van der Waals surface area contributed by atoms with E-state index in [0.717, 1.165) is 125 Å². The molecule has 6 nitrogen and oxygen atoms in total. The Hall–Kier alpha value is 8.40. The summed E-state index contributed by atoms with van der Waals surface area (Å²) in [7, 11) is -7.33. The van der Waals surface area contributed by atoms with E-state index in [1.54, 1.807) is 6.92 Å². The van der Waals surface area contributed by atoms with Crippen molar-refractivity contribution in [1.82, 2.24) is 0 Å². The molecule has 0 fully saturated rings. The van der Waals surface area contributed by atoms with Crippen LogP contribution in [-0.2, 0) is 59.4 Å². The summed E-state index contributed by atoms with van der Waals surface area (Å²) < 4.78 is 71.6. The van der Waals surface area contributed by atoms with E-state index in [2.05, 4.69) is 398 Å². The molecule has 0 bridgehead atoms. The molecule has 5 aromatic carbocycles. The van der Waals surface area contributed by atoms with E-state index < -0.39 is 15.2 Å². The fraction of sp³-hybridized carbons (Fsp3) is 0.189. The van der Waals surface area contributed by atoms with E-state index in [-0.39, 0.29) is 38.8 Å². The number of hydrogen-bond donors (Lipinski definition) is 0. The molecule has 0 aliphatic rings. The van der Waals surface area contributed by atoms with Gasteiger partial charge in [-0.1, -0.05) is 0 Å². The SMILES string of the molecule is CCOP(=O)(Cc1c(Br)c(Br)c(Br)c(Br)c1Br)OCc1c(Br)c(Br)c(Br)c(Br)c1Br.O=P(Cc1c(Br)c(Br)c(Br)c(Br)c1Br)(OCc1c(Br)c(Br)c(Br)c(Br)c1Br)OCc1c(Br)c(Br)c(Br)c(Br)c1Br. The monoisotopic (exact) mass is 2590 g/mol. The van der Waals surface area contributed by atoms with E-state index in [9.17, 15) is 9.13 Å². The average molecular weight is 2620 g/mol. The molecule has 384 valence electrons. The molecule has 5 rings (SSSR count). The van der Waals surface area contributed by atoms with E-state index in [1.807, 2.05) is 0 Å². The lowest BCUT2D eigenvalue weighted by molar-refractivity contribution is 0.189. The van der Waals surface area contributed by atoms with Crippen molar-refractivity contribution in [3.63, 3.8) is 0 Å². The van der Waals surface area contributed by atoms with Gasteiger partial charge in [0, 0.05) is 129 Å². The van der Waals surface area contributed by atoms with Crippen LogP contribution in [-0.4, -0.2) is 6.61 Å². The van der Waals surface area contributed by atoms with E-state index in [4.69, 9.17) is 18.1 Å². The molecule has 0 spiro atoms. The van der Waals surface area contributed by atoms with Gasteiger partial charge in [-0.25, -0.2) is 0 Å². The first kappa shape index (κ1) is 70.9. The van der Waals surface area contributed by atoms with Crippen molar-refractivity contribution in [3.05, 3.63) is 140 Å². The predicted molar refractivity (Wildman–Crippen MR) is 373 cm³/mol. The first-order valence-corrected chi connectivity index (χ1v) is 40.9. The zero-order chi connectivity index (χ0) is 53.4. The Morgan fingerprint density at radius 2 is 0.386 bits per heavy atom. The van der Waals surface area contributed by atoms with Crippen LogP contribution in [0.5, 0.6) is 0 Å². The third-order valence-corrected chi connectivity index (χ3v) is 43.7. The van der Waals surface area contributed by atoms with Crippen LogP contribution in [0.2, 0.25) is 0 Å². The van der Waals surface area contributed by atoms with Gasteiger partial charge in [0.25, 0.3) is 0 Å². The molecule has 5 aromatic rings. The second-order valence-corrected chi connectivity index (χ2v) is 37.0. The van der Waals surface area contributed by atoms with Crippen molar-refractivity contribution in [2.24, 2.45) is 0 Å². The summed E-state index contributed by atoms with van der Waals surface area (Å²) in [6, 6.07) is 0. The lowest BCUT2D eigenvalue weighted by Crippen LogP contribution is -2.05. The molecular weight excluding hydrogens is 2600 g/mol. The van der Waals surface area contributed by atoms with Crippen LogP contribution in [0.15, 0.2) is 112 Å². The first-order chi connectivity index (χ1) is 32.3. The molecule has 1 unspecified atom stereocenters. The van der Waals surface area contributed by atoms with Gasteiger partial charge in [-0.3, -0.25) is 9.13 Å². The van der Waals surface area contributed by atoms with Gasteiger partial charge in [0.2, 0.25) is 0 Å². The molecule has 0 saturated heterocycles. The summed E-state index contributed by atoms with van der Waals surface area (Å²) >= 11 is 89.3. The number of benzene rings is 5. The van der Waals surface area contributed by atoms with Crippen LogP contribution in [0.4, 0.5) is 0 Å². The normalized spacial score (nSPS) is 12.7. The molecule has 0 aromatic heterocycles. The van der Waals surface area contributed by atoms with Gasteiger partial charge in [0.15, 0.2) is 0 Å². The summed E-state index contributed by atoms with van der Waals surface area (Å²) in [6.07, 6.45) is 0.0292. The van der Waals surface area contributed by atoms with Gasteiger partial charge in [0.05, 0.1) is 38.8 Å². The lowest BCUT2D eigenvalue weighted by Gasteiger charge is -2.23. The smallest absolute Gasteiger partial charge is 0.309 e. The van der Waals surface area contributed by atoms with Crippen LogP contribution < -0.4 is 0 Å². The highest BCUT2D eigenvalue weighted by Gasteiger charge is 2.34. The topological polar surface area (TPSA) is 71.1 Å². The molecule has 0 amide bonds. The molecule has 1 atom stereocenters. The third-order valence-electron chi connectivity index (χ3n) is 8.75. The molecule has 33 heteroatoms. The minimum atomic E-state index is -3.83. The zero-order valence-corrected chi connectivity index (χ0v) is 74.5. The van der Waals surface area contributed by atoms with Crippen LogP contribution >= 0.6 is 413 Å². The van der Waals surface area contributed by atoms with E-state index in [0.29, 0.717) is 14.5 Å². The Balaban J connectivity index is 0.000000318. The van der Waals surface area contributed by atoms with Gasteiger partial charge in [0.1, 0.15) is 0 Å². The largest absolute Gasteiger partial charge is 0.335 e. The maximum atomic E-state index is 14.6. The van der Waals surface area contributed by atoms with Crippen LogP contribution in [0.3, 0.4) is 0 Å². The molecule has 0 aliphatic carbocycles. The van der Waals surface area contributed by atoms with E-state index in [1.165, 1.54) is 0 Å². The quantitative estimate of drug-likeness (QED) is 0.0591. The Kier molecular flexibility index (Phi) is 31.6. The summed E-state index contributed by atoms with van der Waals surface area (Å²) in [5.41, 5.74) is 3.70. The zero-order valence-electron chi connectivity index (χ0n) is 33.0. The summed E-state index contributed by atoms with van der Waals surface area (Å²) in [5.74, 6) is 0. The standard InChI is InChI=1S/C21H6Br15O3P.C16H9Br10O3P/c22-7-4(8(23)14(29)19(34)13(7)28)1-38-40(37,3-6-11(26)17(32)21(36)18(33)12(6)27)39-2-5-9(24)15(30)20(35)16(31)10(5)25;1-2-28-30(27,4-6-9(19)13(23)16(26)14(24)10(6)20)29-3-5-7(17)11(21)15(25)12(22)8(5)18/h1-3H2;2-4H2,1H3. The van der Waals surface area contributed by atoms with Crippen molar-refractivity contribution < 1.29 is 27.2 Å². The second kappa shape index (κ2) is 31.2. The number of hydrogen-bond acceptors (Lipinski definition) is 6. The maximum Gasteiger partial charge on any atom is 0.335 e. The Labute approximate surface area is 613 Å². The minimum Gasteiger partial charge on any atom is -0.309 e. The molecule has 0 N–H and O–H groups in total. The highest BCUT2D eigenvalue weighted by molar-refractivity contribution is 9.18. The van der Waals surface area contributed by atoms with Gasteiger partial charge >= 0.3 is 15.2 Å². The molecule has 0 aliphatic heterocycles. The Morgan fingerprint density at radius 1 is 0.243 bits per heavy atom. The van der Waals surface area contributed by atoms with Crippen LogP contribution in [0, 0.1) is 0 Å². The Morgan fingerprint density at radius 3 is 0.557 bits per heavy atom. The molecule has 0 radical (unpaired) electrons. The van der Waals surface area contributed by atoms with Gasteiger partial charge in [-0.2, -0.15) is 0 Å². The Bertz CT molecular complexity index is 2790. The van der Waals surface area contributed by atoms with Crippen LogP contribution in [0.1, 0.15) is 34.7 Å². The highest BCUT2D eigenvalue weighted by atomic mass is 79.9. The van der Waals surface area contributed by atoms with E-state index >= 15 is 0 Å².